The molecule has 13 heteroatoms. The molecule has 1 aliphatic rings. The summed E-state index contributed by atoms with van der Waals surface area (Å²) in [5.74, 6) is 0.443. The van der Waals surface area contributed by atoms with Gasteiger partial charge in [0.15, 0.2) is 0 Å². The van der Waals surface area contributed by atoms with Crippen LogP contribution in [-0.2, 0) is 20.7 Å². The second kappa shape index (κ2) is 15.3. The first-order valence-electron chi connectivity index (χ1n) is 16.5. The maximum absolute atomic E-state index is 14.4. The third kappa shape index (κ3) is 9.18. The lowest BCUT2D eigenvalue weighted by Crippen LogP contribution is -2.52. The van der Waals surface area contributed by atoms with E-state index in [4.69, 9.17) is 10.5 Å². The summed E-state index contributed by atoms with van der Waals surface area (Å²) >= 11 is 0. The Morgan fingerprint density at radius 1 is 0.939 bits per heavy atom. The quantitative estimate of drug-likeness (QED) is 0.204. The Hall–Kier alpha value is -5.33. The van der Waals surface area contributed by atoms with Gasteiger partial charge in [0.05, 0.1) is 0 Å². The minimum absolute atomic E-state index is 0.154. The van der Waals surface area contributed by atoms with E-state index in [9.17, 15) is 14.4 Å². The number of hydrogen-bond donors (Lipinski definition) is 3. The van der Waals surface area contributed by atoms with E-state index in [1.165, 1.54) is 0 Å². The Balaban J connectivity index is 1.34. The van der Waals surface area contributed by atoms with Crippen LogP contribution in [0.4, 0.5) is 16.3 Å². The van der Waals surface area contributed by atoms with Crippen LogP contribution in [0.15, 0.2) is 66.9 Å². The molecule has 0 unspecified atom stereocenters. The highest BCUT2D eigenvalue weighted by molar-refractivity contribution is 6.01. The molecule has 0 saturated heterocycles. The van der Waals surface area contributed by atoms with Crippen LogP contribution in [0.1, 0.15) is 52.0 Å². The summed E-state index contributed by atoms with van der Waals surface area (Å²) in [6, 6.07) is 18.1. The average Bonchev–Trinajstić information content (AvgIpc) is 3.62. The van der Waals surface area contributed by atoms with Crippen molar-refractivity contribution < 1.29 is 19.1 Å². The van der Waals surface area contributed by atoms with Crippen molar-refractivity contribution >= 4 is 29.4 Å². The summed E-state index contributed by atoms with van der Waals surface area (Å²) in [5.41, 5.74) is 9.57. The molecule has 1 atom stereocenters. The van der Waals surface area contributed by atoms with Crippen molar-refractivity contribution in [2.24, 2.45) is 17.6 Å². The van der Waals surface area contributed by atoms with Crippen molar-refractivity contribution in [3.8, 4) is 22.5 Å². The zero-order valence-corrected chi connectivity index (χ0v) is 28.7. The molecule has 4 aromatic rings. The van der Waals surface area contributed by atoms with Gasteiger partial charge in [-0.15, -0.1) is 10.2 Å². The number of aromatic amines is 1. The Bertz CT molecular complexity index is 1690. The van der Waals surface area contributed by atoms with Gasteiger partial charge in [-0.2, -0.15) is 5.21 Å². The summed E-state index contributed by atoms with van der Waals surface area (Å²) in [6.07, 6.45) is 4.37. The van der Waals surface area contributed by atoms with Crippen LogP contribution in [0.5, 0.6) is 0 Å². The summed E-state index contributed by atoms with van der Waals surface area (Å²) in [4.78, 5) is 47.7. The number of H-pyrrole nitrogens is 1. The second-order valence-electron chi connectivity index (χ2n) is 13.7. The van der Waals surface area contributed by atoms with Gasteiger partial charge in [-0.1, -0.05) is 24.3 Å². The van der Waals surface area contributed by atoms with Crippen LogP contribution in [0.2, 0.25) is 0 Å². The topological polar surface area (TPSA) is 172 Å². The van der Waals surface area contributed by atoms with Gasteiger partial charge >= 0.3 is 6.09 Å². The molecule has 4 N–H and O–H groups in total. The molecule has 3 amide bonds. The minimum Gasteiger partial charge on any atom is -0.444 e. The van der Waals surface area contributed by atoms with E-state index in [1.807, 2.05) is 82.4 Å². The van der Waals surface area contributed by atoms with Crippen LogP contribution < -0.4 is 20.9 Å². The smallest absolute Gasteiger partial charge is 0.407 e. The minimum atomic E-state index is -0.929. The fraction of sp³-hybridized carbons (Fsp3) is 0.417. The largest absolute Gasteiger partial charge is 0.444 e. The van der Waals surface area contributed by atoms with Crippen LogP contribution >= 0.6 is 0 Å². The maximum atomic E-state index is 14.4. The number of amides is 3. The van der Waals surface area contributed by atoms with Crippen LogP contribution in [0, 0.1) is 11.8 Å². The number of pyridine rings is 1. The molecule has 258 valence electrons. The number of carbonyl (C=O) groups is 3. The third-order valence-electron chi connectivity index (χ3n) is 8.68. The van der Waals surface area contributed by atoms with Gasteiger partial charge in [0, 0.05) is 56.0 Å². The normalized spacial score (nSPS) is 16.8. The van der Waals surface area contributed by atoms with E-state index >= 15 is 0 Å². The van der Waals surface area contributed by atoms with Crippen molar-refractivity contribution in [2.45, 2.75) is 64.5 Å². The van der Waals surface area contributed by atoms with E-state index < -0.39 is 23.6 Å². The van der Waals surface area contributed by atoms with E-state index in [1.54, 1.807) is 29.2 Å². The predicted molar refractivity (Wildman–Crippen MR) is 187 cm³/mol. The highest BCUT2D eigenvalue weighted by Crippen LogP contribution is 2.33. The Labute approximate surface area is 286 Å². The van der Waals surface area contributed by atoms with Crippen molar-refractivity contribution in [1.82, 2.24) is 30.9 Å². The third-order valence-corrected chi connectivity index (χ3v) is 8.68. The number of nitrogens with two attached hydrogens (primary N) is 1. The van der Waals surface area contributed by atoms with Crippen molar-refractivity contribution in [1.29, 1.82) is 0 Å². The van der Waals surface area contributed by atoms with Gasteiger partial charge in [0.2, 0.25) is 17.6 Å². The number of anilines is 2. The second-order valence-corrected chi connectivity index (χ2v) is 13.7. The molecule has 1 fully saturated rings. The molecule has 1 saturated carbocycles. The highest BCUT2D eigenvalue weighted by atomic mass is 16.6. The molecule has 0 bridgehead atoms. The molecule has 0 aliphatic heterocycles. The number of carbonyl (C=O) groups excluding carboxylic acids is 3. The van der Waals surface area contributed by atoms with E-state index in [0.29, 0.717) is 36.5 Å². The standard InChI is InChI=1S/C36H45N9O4/c1-36(2,3)49-35(48)39-21-24-8-12-27(13-9-24)34(47)45(29-17-14-26(15-18-29)33-40-42-43-41-33)30(32(37)46)20-23-6-10-25(11-7-23)28-16-19-31(38-22-28)44(4)5/h6-7,10-11,14-19,22,24,27,30H,8-9,12-13,20-21H2,1-5H3,(H2,37,46)(H,39,48)(H,40,41,42,43)/t24?,27?,30-/m0/s1. The lowest BCUT2D eigenvalue weighted by molar-refractivity contribution is -0.127. The highest BCUT2D eigenvalue weighted by Gasteiger charge is 2.36. The fourth-order valence-electron chi connectivity index (χ4n) is 6.07. The number of rotatable bonds is 11. The SMILES string of the molecule is CN(C)c1ccc(-c2ccc(C[C@@H](C(N)=O)N(C(=O)C3CCC(CNC(=O)OC(C)(C)C)CC3)c3ccc(-c4nn[nH]n4)cc3)cc2)cn1. The zero-order chi connectivity index (χ0) is 35.1. The number of nitrogens with zero attached hydrogens (tertiary/aromatic N) is 6. The van der Waals surface area contributed by atoms with Crippen molar-refractivity contribution in [3.63, 3.8) is 0 Å². The van der Waals surface area contributed by atoms with Gasteiger partial charge in [-0.3, -0.25) is 14.5 Å². The number of hydrogen-bond acceptors (Lipinski definition) is 9. The lowest BCUT2D eigenvalue weighted by atomic mass is 9.81. The molecule has 13 nitrogen and oxygen atoms in total. The Morgan fingerprint density at radius 2 is 1.59 bits per heavy atom. The van der Waals surface area contributed by atoms with Gasteiger partial charge in [0.1, 0.15) is 17.5 Å². The first kappa shape index (κ1) is 35.0. The number of nitrogens with one attached hydrogen (secondary N) is 2. The van der Waals surface area contributed by atoms with Gasteiger partial charge in [-0.25, -0.2) is 9.78 Å². The summed E-state index contributed by atoms with van der Waals surface area (Å²) in [7, 11) is 3.89. The fourth-order valence-corrected chi connectivity index (χ4v) is 6.07. The first-order chi connectivity index (χ1) is 23.4. The molecule has 2 heterocycles. The number of benzene rings is 2. The van der Waals surface area contributed by atoms with Crippen LogP contribution in [0.3, 0.4) is 0 Å². The van der Waals surface area contributed by atoms with Gasteiger partial charge < -0.3 is 20.7 Å². The van der Waals surface area contributed by atoms with Crippen molar-refractivity contribution in [2.75, 3.05) is 30.4 Å². The number of ether oxygens (including phenoxy) is 1. The lowest BCUT2D eigenvalue weighted by Gasteiger charge is -2.36. The molecule has 2 aromatic carbocycles. The molecule has 49 heavy (non-hydrogen) atoms. The summed E-state index contributed by atoms with van der Waals surface area (Å²) in [6.45, 7) is 5.95. The van der Waals surface area contributed by atoms with Crippen LogP contribution in [0.25, 0.3) is 22.5 Å². The molecular formula is C36H45N9O4. The van der Waals surface area contributed by atoms with E-state index in [2.05, 4.69) is 30.9 Å². The number of tetrazole rings is 1. The van der Waals surface area contributed by atoms with Gasteiger partial charge in [0.25, 0.3) is 0 Å². The maximum Gasteiger partial charge on any atom is 0.407 e. The van der Waals surface area contributed by atoms with E-state index in [-0.39, 0.29) is 24.2 Å². The van der Waals surface area contributed by atoms with Crippen LogP contribution in [-0.4, -0.2) is 75.8 Å². The zero-order valence-electron chi connectivity index (χ0n) is 28.7. The predicted octanol–water partition coefficient (Wildman–Crippen LogP) is 4.76. The summed E-state index contributed by atoms with van der Waals surface area (Å²) < 4.78 is 5.37. The molecule has 1 aliphatic carbocycles. The molecule has 0 spiro atoms. The Morgan fingerprint density at radius 3 is 2.14 bits per heavy atom. The molecule has 5 rings (SSSR count). The average molecular weight is 668 g/mol. The van der Waals surface area contributed by atoms with Gasteiger partial charge in [-0.05, 0) is 105 Å². The molecule has 2 aromatic heterocycles. The first-order valence-corrected chi connectivity index (χ1v) is 16.5. The Kier molecular flexibility index (Phi) is 10.9. The number of aromatic nitrogens is 5. The number of primary amides is 1. The molecular weight excluding hydrogens is 622 g/mol. The molecule has 0 radical (unpaired) electrons. The number of alkyl carbamates (subject to hydrolysis) is 1. The monoisotopic (exact) mass is 667 g/mol. The summed E-state index contributed by atoms with van der Waals surface area (Å²) in [5, 5.41) is 17.0. The van der Waals surface area contributed by atoms with Crippen molar-refractivity contribution in [3.05, 3.63) is 72.4 Å². The van der Waals surface area contributed by atoms with E-state index in [0.717, 1.165) is 35.3 Å².